The van der Waals surface area contributed by atoms with Crippen molar-refractivity contribution in [2.24, 2.45) is 0 Å². The number of hydrogen-bond donors (Lipinski definition) is 2. The molecule has 0 saturated heterocycles. The summed E-state index contributed by atoms with van der Waals surface area (Å²) in [7, 11) is 1.89. The van der Waals surface area contributed by atoms with Gasteiger partial charge in [-0.15, -0.1) is 0 Å². The Balaban J connectivity index is 2.73. The first-order valence-corrected chi connectivity index (χ1v) is 5.00. The van der Waals surface area contributed by atoms with Crippen LogP contribution in [0.15, 0.2) is 24.3 Å². The van der Waals surface area contributed by atoms with Gasteiger partial charge >= 0.3 is 0 Å². The average molecular weight is 221 g/mol. The number of nitro benzene ring substituents is 1. The Morgan fingerprint density at radius 3 is 2.88 bits per heavy atom. The van der Waals surface area contributed by atoms with Gasteiger partial charge in [0.25, 0.3) is 5.69 Å². The molecule has 16 heavy (non-hydrogen) atoms. The second-order valence-electron chi connectivity index (χ2n) is 3.37. The highest BCUT2D eigenvalue weighted by Crippen LogP contribution is 2.22. The highest BCUT2D eigenvalue weighted by molar-refractivity contribution is 5.65. The average Bonchev–Trinajstić information content (AvgIpc) is 2.24. The molecule has 5 nitrogen and oxygen atoms in total. The minimum Gasteiger partial charge on any atom is -0.393 e. The minimum atomic E-state index is -0.482. The molecule has 0 saturated carbocycles. The fourth-order valence-electron chi connectivity index (χ4n) is 1.29. The van der Waals surface area contributed by atoms with Crippen molar-refractivity contribution in [1.29, 1.82) is 0 Å². The molecular formula is C11H15N3O2. The molecule has 0 fully saturated rings. The maximum atomic E-state index is 10.5. The van der Waals surface area contributed by atoms with Crippen LogP contribution in [-0.4, -0.2) is 18.5 Å². The van der Waals surface area contributed by atoms with Crippen LogP contribution in [0.3, 0.4) is 0 Å². The normalized spacial score (nSPS) is 10.8. The van der Waals surface area contributed by atoms with E-state index in [1.54, 1.807) is 12.1 Å². The van der Waals surface area contributed by atoms with Crippen molar-refractivity contribution in [3.63, 3.8) is 0 Å². The summed E-state index contributed by atoms with van der Waals surface area (Å²) in [6.07, 6.45) is 4.81. The molecule has 86 valence electrons. The number of nitrogens with one attached hydrogen (secondary N) is 1. The van der Waals surface area contributed by atoms with Crippen molar-refractivity contribution in [3.8, 4) is 0 Å². The zero-order chi connectivity index (χ0) is 12.0. The molecule has 0 aliphatic heterocycles. The number of nitrogens with zero attached hydrogens (tertiary/aromatic N) is 1. The van der Waals surface area contributed by atoms with Crippen LogP contribution in [0.5, 0.6) is 0 Å². The fraction of sp³-hybridized carbons (Fsp3) is 0.273. The Kier molecular flexibility index (Phi) is 4.47. The number of nitrogen functional groups attached to an aromatic ring is 1. The van der Waals surface area contributed by atoms with Crippen molar-refractivity contribution >= 4 is 17.5 Å². The number of rotatable bonds is 5. The van der Waals surface area contributed by atoms with Crippen LogP contribution in [0.1, 0.15) is 12.0 Å². The van der Waals surface area contributed by atoms with E-state index >= 15 is 0 Å². The minimum absolute atomic E-state index is 0.0487. The maximum absolute atomic E-state index is 10.5. The van der Waals surface area contributed by atoms with Crippen LogP contribution >= 0.6 is 0 Å². The maximum Gasteiger partial charge on any atom is 0.292 e. The number of hydrogen-bond acceptors (Lipinski definition) is 4. The SMILES string of the molecule is CNCCC=Cc1ccc([N+](=O)[O-])c(N)c1. The predicted octanol–water partition coefficient (Wildman–Crippen LogP) is 1.80. The summed E-state index contributed by atoms with van der Waals surface area (Å²) in [5, 5.41) is 13.6. The van der Waals surface area contributed by atoms with E-state index in [4.69, 9.17) is 5.73 Å². The van der Waals surface area contributed by atoms with Gasteiger partial charge in [0.1, 0.15) is 5.69 Å². The van der Waals surface area contributed by atoms with E-state index in [-0.39, 0.29) is 11.4 Å². The molecule has 1 aromatic rings. The molecule has 1 aromatic carbocycles. The zero-order valence-corrected chi connectivity index (χ0v) is 9.14. The Morgan fingerprint density at radius 2 is 2.31 bits per heavy atom. The smallest absolute Gasteiger partial charge is 0.292 e. The molecule has 1 rings (SSSR count). The molecule has 0 unspecified atom stereocenters. The van der Waals surface area contributed by atoms with E-state index < -0.39 is 4.92 Å². The first-order valence-electron chi connectivity index (χ1n) is 5.00. The molecule has 0 aromatic heterocycles. The Hall–Kier alpha value is -1.88. The molecule has 0 bridgehead atoms. The standard InChI is InChI=1S/C11H15N3O2/c1-13-7-3-2-4-9-5-6-11(14(15)16)10(12)8-9/h2,4-6,8,13H,3,7,12H2,1H3. The molecule has 5 heteroatoms. The molecule has 0 radical (unpaired) electrons. The molecule has 0 heterocycles. The Bertz CT molecular complexity index is 402. The van der Waals surface area contributed by atoms with Gasteiger partial charge in [-0.3, -0.25) is 10.1 Å². The van der Waals surface area contributed by atoms with E-state index in [9.17, 15) is 10.1 Å². The lowest BCUT2D eigenvalue weighted by Gasteiger charge is -1.98. The van der Waals surface area contributed by atoms with E-state index in [2.05, 4.69) is 5.32 Å². The van der Waals surface area contributed by atoms with Gasteiger partial charge in [-0.25, -0.2) is 0 Å². The lowest BCUT2D eigenvalue weighted by molar-refractivity contribution is -0.383. The van der Waals surface area contributed by atoms with Crippen molar-refractivity contribution in [1.82, 2.24) is 5.32 Å². The van der Waals surface area contributed by atoms with Crippen molar-refractivity contribution in [3.05, 3.63) is 40.0 Å². The van der Waals surface area contributed by atoms with Gasteiger partial charge in [0.05, 0.1) is 4.92 Å². The third-order valence-electron chi connectivity index (χ3n) is 2.12. The van der Waals surface area contributed by atoms with Gasteiger partial charge in [-0.2, -0.15) is 0 Å². The van der Waals surface area contributed by atoms with Gasteiger partial charge in [-0.05, 0) is 37.7 Å². The second kappa shape index (κ2) is 5.87. The van der Waals surface area contributed by atoms with Gasteiger partial charge in [0.15, 0.2) is 0 Å². The van der Waals surface area contributed by atoms with Gasteiger partial charge < -0.3 is 11.1 Å². The Labute approximate surface area is 94.1 Å². The first kappa shape index (κ1) is 12.2. The van der Waals surface area contributed by atoms with Crippen LogP contribution in [-0.2, 0) is 0 Å². The summed E-state index contributed by atoms with van der Waals surface area (Å²) in [6, 6.07) is 4.71. The van der Waals surface area contributed by atoms with Crippen molar-refractivity contribution in [2.45, 2.75) is 6.42 Å². The van der Waals surface area contributed by atoms with E-state index in [1.807, 2.05) is 19.2 Å². The van der Waals surface area contributed by atoms with Crippen LogP contribution in [0.4, 0.5) is 11.4 Å². The highest BCUT2D eigenvalue weighted by atomic mass is 16.6. The van der Waals surface area contributed by atoms with Crippen LogP contribution < -0.4 is 11.1 Å². The third kappa shape index (κ3) is 3.36. The molecule has 0 aliphatic rings. The zero-order valence-electron chi connectivity index (χ0n) is 9.14. The molecule has 0 aliphatic carbocycles. The molecular weight excluding hydrogens is 206 g/mol. The van der Waals surface area contributed by atoms with Gasteiger partial charge in [0.2, 0.25) is 0 Å². The molecule has 0 amide bonds. The molecule has 0 spiro atoms. The summed E-state index contributed by atoms with van der Waals surface area (Å²) in [5.74, 6) is 0. The number of anilines is 1. The summed E-state index contributed by atoms with van der Waals surface area (Å²) in [4.78, 5) is 10.0. The summed E-state index contributed by atoms with van der Waals surface area (Å²) < 4.78 is 0. The van der Waals surface area contributed by atoms with Crippen LogP contribution in [0.2, 0.25) is 0 Å². The van der Waals surface area contributed by atoms with Gasteiger partial charge in [-0.1, -0.05) is 12.2 Å². The summed E-state index contributed by atoms with van der Waals surface area (Å²) >= 11 is 0. The fourth-order valence-corrected chi connectivity index (χ4v) is 1.29. The summed E-state index contributed by atoms with van der Waals surface area (Å²) in [5.41, 5.74) is 6.59. The Morgan fingerprint density at radius 1 is 1.56 bits per heavy atom. The molecule has 0 atom stereocenters. The quantitative estimate of drug-likeness (QED) is 0.344. The number of benzene rings is 1. The molecule has 3 N–H and O–H groups in total. The first-order chi connectivity index (χ1) is 7.65. The van der Waals surface area contributed by atoms with E-state index in [1.165, 1.54) is 6.07 Å². The number of nitro groups is 1. The van der Waals surface area contributed by atoms with Crippen molar-refractivity contribution < 1.29 is 4.92 Å². The topological polar surface area (TPSA) is 81.2 Å². The second-order valence-corrected chi connectivity index (χ2v) is 3.37. The lowest BCUT2D eigenvalue weighted by atomic mass is 10.1. The highest BCUT2D eigenvalue weighted by Gasteiger charge is 2.09. The van der Waals surface area contributed by atoms with E-state index in [0.717, 1.165) is 18.5 Å². The predicted molar refractivity (Wildman–Crippen MR) is 65.1 cm³/mol. The van der Waals surface area contributed by atoms with Crippen LogP contribution in [0, 0.1) is 10.1 Å². The summed E-state index contributed by atoms with van der Waals surface area (Å²) in [6.45, 7) is 0.902. The van der Waals surface area contributed by atoms with E-state index in [0.29, 0.717) is 0 Å². The lowest BCUT2D eigenvalue weighted by Crippen LogP contribution is -2.05. The van der Waals surface area contributed by atoms with Crippen LogP contribution in [0.25, 0.3) is 6.08 Å². The monoisotopic (exact) mass is 221 g/mol. The van der Waals surface area contributed by atoms with Crippen molar-refractivity contribution in [2.75, 3.05) is 19.3 Å². The largest absolute Gasteiger partial charge is 0.393 e. The number of nitrogens with two attached hydrogens (primary N) is 1. The van der Waals surface area contributed by atoms with Gasteiger partial charge in [0, 0.05) is 6.07 Å². The third-order valence-corrected chi connectivity index (χ3v) is 2.12.